The molecule has 1 fully saturated rings. The monoisotopic (exact) mass is 281 g/mol. The summed E-state index contributed by atoms with van der Waals surface area (Å²) < 4.78 is 11.0. The van der Waals surface area contributed by atoms with Crippen LogP contribution in [0.1, 0.15) is 13.3 Å². The summed E-state index contributed by atoms with van der Waals surface area (Å²) in [5.74, 6) is 0.135. The topological polar surface area (TPSA) is 37.4 Å². The van der Waals surface area contributed by atoms with Crippen molar-refractivity contribution >= 4 is 41.5 Å². The Kier molecular flexibility index (Phi) is 2.46. The lowest BCUT2D eigenvalue weighted by Crippen LogP contribution is -2.55. The first kappa shape index (κ1) is 9.61. The zero-order chi connectivity index (χ0) is 9.59. The van der Waals surface area contributed by atoms with Gasteiger partial charge in [-0.1, -0.05) is 25.4 Å². The van der Waals surface area contributed by atoms with Crippen molar-refractivity contribution in [3.63, 3.8) is 0 Å². The van der Waals surface area contributed by atoms with Crippen molar-refractivity contribution in [3.05, 3.63) is 11.8 Å². The maximum atomic E-state index is 11.1. The van der Waals surface area contributed by atoms with Crippen LogP contribution in [-0.2, 0) is 24.5 Å². The Morgan fingerprint density at radius 2 is 2.46 bits per heavy atom. The SMILES string of the molecule is CC1=CN2C(=O)CC2S(=S=O)C1Br. The highest BCUT2D eigenvalue weighted by atomic mass is 79.9. The van der Waals surface area contributed by atoms with Crippen molar-refractivity contribution < 1.29 is 9.00 Å². The third-order valence-electron chi connectivity index (χ3n) is 2.20. The molecule has 0 aliphatic carbocycles. The van der Waals surface area contributed by atoms with Crippen molar-refractivity contribution in [1.29, 1.82) is 0 Å². The molecular weight excluding hydrogens is 274 g/mol. The first-order chi connectivity index (χ1) is 6.15. The van der Waals surface area contributed by atoms with Gasteiger partial charge >= 0.3 is 0 Å². The molecule has 0 spiro atoms. The molecule has 2 aliphatic heterocycles. The Morgan fingerprint density at radius 1 is 1.77 bits per heavy atom. The first-order valence-electron chi connectivity index (χ1n) is 3.81. The quantitative estimate of drug-likeness (QED) is 0.489. The molecular formula is C7H8BrNO2S2. The van der Waals surface area contributed by atoms with Gasteiger partial charge in [0.15, 0.2) is 0 Å². The van der Waals surface area contributed by atoms with Crippen molar-refractivity contribution in [2.45, 2.75) is 22.9 Å². The molecule has 1 saturated heterocycles. The van der Waals surface area contributed by atoms with Gasteiger partial charge in [0.2, 0.25) is 5.91 Å². The van der Waals surface area contributed by atoms with Gasteiger partial charge in [-0.3, -0.25) is 4.79 Å². The molecule has 3 nitrogen and oxygen atoms in total. The number of carbonyl (C=O) groups is 1. The van der Waals surface area contributed by atoms with Crippen LogP contribution in [0.4, 0.5) is 0 Å². The Hall–Kier alpha value is 0.0600. The van der Waals surface area contributed by atoms with Crippen molar-refractivity contribution in [3.8, 4) is 0 Å². The summed E-state index contributed by atoms with van der Waals surface area (Å²) in [4.78, 5) is 12.8. The fraction of sp³-hybridized carbons (Fsp3) is 0.571. The van der Waals surface area contributed by atoms with Crippen LogP contribution in [-0.4, -0.2) is 24.5 Å². The number of fused-ring (bicyclic) bond motifs is 1. The lowest BCUT2D eigenvalue weighted by molar-refractivity contribution is -0.137. The first-order valence-corrected chi connectivity index (χ1v) is 7.33. The number of carbonyl (C=O) groups excluding carboxylic acids is 1. The summed E-state index contributed by atoms with van der Waals surface area (Å²) in [6.07, 6.45) is 2.39. The molecule has 2 rings (SSSR count). The third-order valence-corrected chi connectivity index (χ3v) is 8.45. The molecule has 3 unspecified atom stereocenters. The summed E-state index contributed by atoms with van der Waals surface area (Å²) >= 11 is 3.49. The van der Waals surface area contributed by atoms with E-state index in [-0.39, 0.29) is 24.9 Å². The Morgan fingerprint density at radius 3 is 3.00 bits per heavy atom. The predicted octanol–water partition coefficient (Wildman–Crippen LogP) is 0.930. The number of halogens is 1. The Labute approximate surface area is 90.0 Å². The molecule has 1 amide bonds. The van der Waals surface area contributed by atoms with E-state index in [1.54, 1.807) is 4.90 Å². The Bertz CT molecular complexity index is 362. The second kappa shape index (κ2) is 3.33. The van der Waals surface area contributed by atoms with Crippen molar-refractivity contribution in [1.82, 2.24) is 4.90 Å². The zero-order valence-electron chi connectivity index (χ0n) is 6.90. The summed E-state index contributed by atoms with van der Waals surface area (Å²) in [5.41, 5.74) is 1.07. The smallest absolute Gasteiger partial charge is 0.230 e. The average molecular weight is 282 g/mol. The van der Waals surface area contributed by atoms with E-state index in [9.17, 15) is 9.00 Å². The van der Waals surface area contributed by atoms with E-state index in [4.69, 9.17) is 0 Å². The van der Waals surface area contributed by atoms with Crippen LogP contribution >= 0.6 is 15.9 Å². The van der Waals surface area contributed by atoms with E-state index in [1.165, 1.54) is 0 Å². The highest BCUT2D eigenvalue weighted by Crippen LogP contribution is 2.35. The van der Waals surface area contributed by atoms with Crippen molar-refractivity contribution in [2.24, 2.45) is 0 Å². The Balaban J connectivity index is 2.42. The second-order valence-corrected chi connectivity index (χ2v) is 7.94. The summed E-state index contributed by atoms with van der Waals surface area (Å²) in [7, 11) is 0.298. The average Bonchev–Trinajstić information content (AvgIpc) is 2.12. The molecule has 0 aromatic heterocycles. The lowest BCUT2D eigenvalue weighted by atomic mass is 10.2. The van der Waals surface area contributed by atoms with E-state index in [0.29, 0.717) is 16.6 Å². The van der Waals surface area contributed by atoms with Crippen LogP contribution in [0.15, 0.2) is 11.8 Å². The van der Waals surface area contributed by atoms with Gasteiger partial charge in [-0.25, -0.2) is 4.21 Å². The standard InChI is InChI=1S/C7H8BrNO2S2/c1-4-3-9-5(10)2-6(9)13(12-11)7(4)8/h3,6-7H,2H2,1H3. The molecule has 0 radical (unpaired) electrons. The van der Waals surface area contributed by atoms with Crippen LogP contribution in [0.3, 0.4) is 0 Å². The van der Waals surface area contributed by atoms with Gasteiger partial charge < -0.3 is 4.90 Å². The molecule has 3 atom stereocenters. The second-order valence-electron chi connectivity index (χ2n) is 3.05. The predicted molar refractivity (Wildman–Crippen MR) is 57.2 cm³/mol. The number of β-lactam (4-membered cyclic amide) rings is 1. The summed E-state index contributed by atoms with van der Waals surface area (Å²) in [5, 5.41) is 0.142. The number of rotatable bonds is 0. The molecule has 0 aromatic carbocycles. The molecule has 0 saturated carbocycles. The van der Waals surface area contributed by atoms with E-state index >= 15 is 0 Å². The minimum atomic E-state index is -0.321. The van der Waals surface area contributed by atoms with Crippen LogP contribution < -0.4 is 0 Å². The van der Waals surface area contributed by atoms with Gasteiger partial charge in [-0.05, 0) is 12.5 Å². The number of hydrogen-bond acceptors (Lipinski definition) is 2. The van der Waals surface area contributed by atoms with Gasteiger partial charge in [0.05, 0.1) is 16.0 Å². The minimum absolute atomic E-state index is 0.135. The fourth-order valence-corrected chi connectivity index (χ4v) is 5.84. The molecule has 13 heavy (non-hydrogen) atoms. The minimum Gasteiger partial charge on any atom is -0.306 e. The molecule has 6 heteroatoms. The largest absolute Gasteiger partial charge is 0.306 e. The fourth-order valence-electron chi connectivity index (χ4n) is 1.43. The van der Waals surface area contributed by atoms with Gasteiger partial charge in [0, 0.05) is 6.20 Å². The van der Waals surface area contributed by atoms with Crippen LogP contribution in [0.2, 0.25) is 0 Å². The molecule has 2 heterocycles. The van der Waals surface area contributed by atoms with Crippen LogP contribution in [0, 0.1) is 0 Å². The number of amides is 1. The van der Waals surface area contributed by atoms with Gasteiger partial charge in [-0.15, -0.1) is 0 Å². The van der Waals surface area contributed by atoms with E-state index in [0.717, 1.165) is 5.57 Å². The highest BCUT2D eigenvalue weighted by Gasteiger charge is 2.43. The molecule has 2 aliphatic rings. The maximum Gasteiger partial charge on any atom is 0.230 e. The maximum absolute atomic E-state index is 11.1. The third kappa shape index (κ3) is 1.35. The normalized spacial score (nSPS) is 37.7. The summed E-state index contributed by atoms with van der Waals surface area (Å²) in [6.45, 7) is 1.94. The number of alkyl halides is 1. The van der Waals surface area contributed by atoms with Gasteiger partial charge in [-0.2, -0.15) is 0 Å². The molecule has 72 valence electrons. The number of nitrogens with zero attached hydrogens (tertiary/aromatic N) is 1. The lowest BCUT2D eigenvalue weighted by Gasteiger charge is -2.43. The van der Waals surface area contributed by atoms with E-state index in [1.807, 2.05) is 13.1 Å². The van der Waals surface area contributed by atoms with Crippen LogP contribution in [0.5, 0.6) is 0 Å². The summed E-state index contributed by atoms with van der Waals surface area (Å²) in [6, 6.07) is 0. The molecule has 0 N–H and O–H groups in total. The number of hydrogen-bond donors (Lipinski definition) is 0. The molecule has 0 bridgehead atoms. The zero-order valence-corrected chi connectivity index (χ0v) is 10.1. The van der Waals surface area contributed by atoms with Crippen molar-refractivity contribution in [2.75, 3.05) is 0 Å². The van der Waals surface area contributed by atoms with Gasteiger partial charge in [0.25, 0.3) is 0 Å². The van der Waals surface area contributed by atoms with E-state index < -0.39 is 0 Å². The molecule has 0 aromatic rings. The van der Waals surface area contributed by atoms with E-state index in [2.05, 4.69) is 15.9 Å². The highest BCUT2D eigenvalue weighted by molar-refractivity contribution is 9.11. The van der Waals surface area contributed by atoms with Crippen LogP contribution in [0.25, 0.3) is 0 Å². The van der Waals surface area contributed by atoms with Gasteiger partial charge in [0.1, 0.15) is 10.2 Å².